The molecule has 3 heteroatoms. The van der Waals surface area contributed by atoms with E-state index in [1.165, 1.54) is 11.0 Å². The number of nitrogens with zero attached hydrogens (tertiary/aromatic N) is 1. The normalized spacial score (nSPS) is 10.8. The molecular formula is C7H11NO2. The maximum absolute atomic E-state index is 11.1. The summed E-state index contributed by atoms with van der Waals surface area (Å²) < 4.78 is 6.09. The molecule has 0 amide bonds. The van der Waals surface area contributed by atoms with Gasteiger partial charge in [0.25, 0.3) is 5.56 Å². The van der Waals surface area contributed by atoms with Crippen LogP contribution in [0.3, 0.4) is 0 Å². The Kier molecular flexibility index (Phi) is 1.66. The molecule has 0 bridgehead atoms. The van der Waals surface area contributed by atoms with E-state index in [-0.39, 0.29) is 11.5 Å². The molecule has 0 radical (unpaired) electrons. The highest BCUT2D eigenvalue weighted by Gasteiger charge is 2.07. The predicted molar refractivity (Wildman–Crippen MR) is 38.0 cm³/mol. The smallest absolute Gasteiger partial charge is 0.285 e. The Morgan fingerprint density at radius 2 is 2.20 bits per heavy atom. The van der Waals surface area contributed by atoms with E-state index < -0.39 is 0 Å². The van der Waals surface area contributed by atoms with Crippen LogP contribution in [0, 0.1) is 0 Å². The molecule has 1 aromatic heterocycles. The number of rotatable bonds is 1. The van der Waals surface area contributed by atoms with Gasteiger partial charge in [-0.25, -0.2) is 0 Å². The molecule has 1 heterocycles. The first-order valence-corrected chi connectivity index (χ1v) is 3.28. The lowest BCUT2D eigenvalue weighted by molar-refractivity contribution is 0.297. The fourth-order valence-electron chi connectivity index (χ4n) is 0.799. The van der Waals surface area contributed by atoms with E-state index in [1.54, 1.807) is 7.05 Å². The van der Waals surface area contributed by atoms with Gasteiger partial charge in [-0.3, -0.25) is 4.79 Å². The lowest BCUT2D eigenvalue weighted by Gasteiger charge is -1.93. The van der Waals surface area contributed by atoms with Crippen LogP contribution in [-0.4, -0.2) is 4.74 Å². The molecule has 0 aliphatic carbocycles. The number of hydrogen-bond donors (Lipinski definition) is 0. The molecule has 0 fully saturated rings. The van der Waals surface area contributed by atoms with Crippen LogP contribution in [0.1, 0.15) is 25.3 Å². The van der Waals surface area contributed by atoms with Crippen LogP contribution < -0.4 is 5.56 Å². The topological polar surface area (TPSA) is 35.1 Å². The van der Waals surface area contributed by atoms with Gasteiger partial charge in [-0.1, -0.05) is 13.8 Å². The van der Waals surface area contributed by atoms with Crippen molar-refractivity contribution in [2.75, 3.05) is 0 Å². The second-order valence-corrected chi connectivity index (χ2v) is 2.64. The fourth-order valence-corrected chi connectivity index (χ4v) is 0.799. The summed E-state index contributed by atoms with van der Waals surface area (Å²) in [5, 5.41) is 0. The maximum Gasteiger partial charge on any atom is 0.285 e. The van der Waals surface area contributed by atoms with Crippen LogP contribution in [0.5, 0.6) is 0 Å². The molecule has 10 heavy (non-hydrogen) atoms. The number of aryl methyl sites for hydroxylation is 1. The Hall–Kier alpha value is -0.990. The van der Waals surface area contributed by atoms with E-state index in [4.69, 9.17) is 4.52 Å². The van der Waals surface area contributed by atoms with E-state index in [0.717, 1.165) is 5.56 Å². The monoisotopic (exact) mass is 141 g/mol. The minimum absolute atomic E-state index is 0.0324. The number of hydrogen-bond acceptors (Lipinski definition) is 2. The molecule has 1 aromatic rings. The van der Waals surface area contributed by atoms with E-state index in [2.05, 4.69) is 0 Å². The first kappa shape index (κ1) is 7.12. The third kappa shape index (κ3) is 0.988. The van der Waals surface area contributed by atoms with Crippen molar-refractivity contribution in [2.45, 2.75) is 19.8 Å². The molecular weight excluding hydrogens is 130 g/mol. The molecule has 0 saturated heterocycles. The van der Waals surface area contributed by atoms with Crippen molar-refractivity contribution < 1.29 is 4.52 Å². The highest BCUT2D eigenvalue weighted by molar-refractivity contribution is 5.06. The van der Waals surface area contributed by atoms with Crippen molar-refractivity contribution in [3.05, 3.63) is 22.2 Å². The van der Waals surface area contributed by atoms with Crippen molar-refractivity contribution in [1.82, 2.24) is 4.74 Å². The van der Waals surface area contributed by atoms with Gasteiger partial charge in [-0.15, -0.1) is 0 Å². The van der Waals surface area contributed by atoms with Crippen LogP contribution in [0.25, 0.3) is 0 Å². The highest BCUT2D eigenvalue weighted by atomic mass is 16.5. The Labute approximate surface area is 59.2 Å². The molecule has 0 aromatic carbocycles. The van der Waals surface area contributed by atoms with Gasteiger partial charge >= 0.3 is 0 Å². The Balaban J connectivity index is 3.18. The van der Waals surface area contributed by atoms with E-state index in [9.17, 15) is 4.79 Å². The summed E-state index contributed by atoms with van der Waals surface area (Å²) in [4.78, 5) is 11.1. The first-order chi connectivity index (χ1) is 4.63. The van der Waals surface area contributed by atoms with E-state index >= 15 is 0 Å². The second kappa shape index (κ2) is 2.33. The molecule has 56 valence electrons. The Morgan fingerprint density at radius 3 is 2.40 bits per heavy atom. The van der Waals surface area contributed by atoms with Crippen molar-refractivity contribution in [2.24, 2.45) is 7.05 Å². The summed E-state index contributed by atoms with van der Waals surface area (Å²) in [5.74, 6) is 0.248. The van der Waals surface area contributed by atoms with Crippen molar-refractivity contribution in [1.29, 1.82) is 0 Å². The van der Waals surface area contributed by atoms with Gasteiger partial charge in [0.15, 0.2) is 0 Å². The zero-order valence-electron chi connectivity index (χ0n) is 6.42. The van der Waals surface area contributed by atoms with Gasteiger partial charge < -0.3 is 4.52 Å². The lowest BCUT2D eigenvalue weighted by Crippen LogP contribution is -2.14. The van der Waals surface area contributed by atoms with Crippen LogP contribution in [0.15, 0.2) is 15.6 Å². The summed E-state index contributed by atoms with van der Waals surface area (Å²) in [6.07, 6.45) is 1.51. The van der Waals surface area contributed by atoms with Gasteiger partial charge in [0.05, 0.1) is 5.56 Å². The van der Waals surface area contributed by atoms with E-state index in [1.807, 2.05) is 13.8 Å². The molecule has 0 atom stereocenters. The Bertz CT molecular complexity index is 269. The molecule has 0 aliphatic rings. The highest BCUT2D eigenvalue weighted by Crippen LogP contribution is 2.07. The zero-order chi connectivity index (χ0) is 7.72. The standard InChI is InChI=1S/C7H11NO2/c1-5(2)6-4-10-8(3)7(6)9/h4-5H,1-3H3. The van der Waals surface area contributed by atoms with Gasteiger partial charge in [0.1, 0.15) is 6.26 Å². The quantitative estimate of drug-likeness (QED) is 0.587. The Morgan fingerprint density at radius 1 is 1.60 bits per heavy atom. The number of aromatic nitrogens is 1. The molecule has 0 saturated carbocycles. The average molecular weight is 141 g/mol. The van der Waals surface area contributed by atoms with Gasteiger partial charge in [-0.2, -0.15) is 4.74 Å². The molecule has 0 spiro atoms. The summed E-state index contributed by atoms with van der Waals surface area (Å²) >= 11 is 0. The van der Waals surface area contributed by atoms with Gasteiger partial charge in [-0.05, 0) is 5.92 Å². The van der Waals surface area contributed by atoms with Crippen LogP contribution in [-0.2, 0) is 7.05 Å². The maximum atomic E-state index is 11.1. The summed E-state index contributed by atoms with van der Waals surface area (Å²) in [7, 11) is 1.61. The summed E-state index contributed by atoms with van der Waals surface area (Å²) in [6.45, 7) is 3.93. The molecule has 0 aliphatic heterocycles. The first-order valence-electron chi connectivity index (χ1n) is 3.28. The minimum Gasteiger partial charge on any atom is -0.384 e. The SMILES string of the molecule is CC(C)c1con(C)c1=O. The van der Waals surface area contributed by atoms with Crippen LogP contribution in [0.2, 0.25) is 0 Å². The third-order valence-corrected chi connectivity index (χ3v) is 1.49. The molecule has 0 N–H and O–H groups in total. The third-order valence-electron chi connectivity index (χ3n) is 1.49. The van der Waals surface area contributed by atoms with Crippen molar-refractivity contribution >= 4 is 0 Å². The van der Waals surface area contributed by atoms with Crippen molar-refractivity contribution in [3.63, 3.8) is 0 Å². The van der Waals surface area contributed by atoms with Crippen molar-refractivity contribution in [3.8, 4) is 0 Å². The average Bonchev–Trinajstić information content (AvgIpc) is 2.14. The minimum atomic E-state index is -0.0324. The van der Waals surface area contributed by atoms with E-state index in [0.29, 0.717) is 0 Å². The lowest BCUT2D eigenvalue weighted by atomic mass is 10.1. The fraction of sp³-hybridized carbons (Fsp3) is 0.571. The zero-order valence-corrected chi connectivity index (χ0v) is 6.42. The second-order valence-electron chi connectivity index (χ2n) is 2.64. The van der Waals surface area contributed by atoms with Gasteiger partial charge in [0.2, 0.25) is 0 Å². The van der Waals surface area contributed by atoms with Crippen LogP contribution in [0.4, 0.5) is 0 Å². The molecule has 3 nitrogen and oxygen atoms in total. The van der Waals surface area contributed by atoms with Crippen LogP contribution >= 0.6 is 0 Å². The molecule has 1 rings (SSSR count). The van der Waals surface area contributed by atoms with Gasteiger partial charge in [0, 0.05) is 7.05 Å². The largest absolute Gasteiger partial charge is 0.384 e. The summed E-state index contributed by atoms with van der Waals surface area (Å²) in [5.41, 5.74) is 0.706. The predicted octanol–water partition coefficient (Wildman–Crippen LogP) is 1.10. The summed E-state index contributed by atoms with van der Waals surface area (Å²) in [6, 6.07) is 0. The molecule has 0 unspecified atom stereocenters.